The number of hydrogen-bond donors (Lipinski definition) is 0. The molecule has 1 saturated heterocycles. The van der Waals surface area contributed by atoms with Crippen molar-refractivity contribution in [1.82, 2.24) is 9.47 Å². The van der Waals surface area contributed by atoms with Gasteiger partial charge in [-0.05, 0) is 53.6 Å². The Morgan fingerprint density at radius 3 is 2.67 bits per heavy atom. The average molecular weight is 430 g/mol. The normalized spacial score (nSPS) is 21.4. The van der Waals surface area contributed by atoms with Crippen LogP contribution in [-0.4, -0.2) is 22.6 Å². The van der Waals surface area contributed by atoms with E-state index in [-0.39, 0.29) is 11.5 Å². The Morgan fingerprint density at radius 1 is 1.03 bits per heavy atom. The summed E-state index contributed by atoms with van der Waals surface area (Å²) in [4.78, 5) is 17.0. The average Bonchev–Trinajstić information content (AvgIpc) is 3.21. The largest absolute Gasteiger partial charge is 0.416 e. The highest BCUT2D eigenvalue weighted by molar-refractivity contribution is 7.09. The molecule has 0 radical (unpaired) electrons. The topological polar surface area (TPSA) is 25.2 Å². The summed E-state index contributed by atoms with van der Waals surface area (Å²) >= 11 is 1.76. The molecule has 0 unspecified atom stereocenters. The van der Waals surface area contributed by atoms with Gasteiger partial charge in [-0.1, -0.05) is 18.2 Å². The van der Waals surface area contributed by atoms with E-state index in [1.165, 1.54) is 10.9 Å². The predicted molar refractivity (Wildman–Crippen MR) is 112 cm³/mol. The monoisotopic (exact) mass is 430 g/mol. The molecule has 5 rings (SSSR count). The van der Waals surface area contributed by atoms with E-state index in [0.717, 1.165) is 43.9 Å². The van der Waals surface area contributed by atoms with Crippen LogP contribution >= 0.6 is 11.3 Å². The lowest BCUT2D eigenvalue weighted by atomic mass is 9.82. The summed E-state index contributed by atoms with van der Waals surface area (Å²) in [5.41, 5.74) is 0.736. The van der Waals surface area contributed by atoms with Crippen molar-refractivity contribution in [2.75, 3.05) is 13.1 Å². The number of benzene rings is 1. The van der Waals surface area contributed by atoms with Crippen molar-refractivity contribution in [3.63, 3.8) is 0 Å². The zero-order chi connectivity index (χ0) is 20.9. The van der Waals surface area contributed by atoms with Crippen molar-refractivity contribution in [3.8, 4) is 11.1 Å². The zero-order valence-electron chi connectivity index (χ0n) is 16.2. The summed E-state index contributed by atoms with van der Waals surface area (Å²) in [6.07, 6.45) is -3.37. The van der Waals surface area contributed by atoms with Gasteiger partial charge in [0.1, 0.15) is 0 Å². The van der Waals surface area contributed by atoms with E-state index in [1.54, 1.807) is 28.0 Å². The molecule has 1 fully saturated rings. The number of nitrogens with zero attached hydrogens (tertiary/aromatic N) is 2. The third-order valence-corrected chi connectivity index (χ3v) is 7.00. The molecule has 0 spiro atoms. The van der Waals surface area contributed by atoms with Crippen molar-refractivity contribution in [1.29, 1.82) is 0 Å². The third kappa shape index (κ3) is 3.61. The molecule has 2 aromatic heterocycles. The fourth-order valence-electron chi connectivity index (χ4n) is 4.88. The highest BCUT2D eigenvalue weighted by Crippen LogP contribution is 2.37. The molecule has 156 valence electrons. The Balaban J connectivity index is 1.46. The number of halogens is 3. The predicted octanol–water partition coefficient (Wildman–Crippen LogP) is 5.21. The number of alkyl halides is 3. The molecule has 3 nitrogen and oxygen atoms in total. The molecule has 4 heterocycles. The summed E-state index contributed by atoms with van der Waals surface area (Å²) in [5, 5.41) is 2.09. The molecular formula is C23H21F3N2OS. The summed E-state index contributed by atoms with van der Waals surface area (Å²) in [7, 11) is 0. The quantitative estimate of drug-likeness (QED) is 0.570. The second-order valence-corrected chi connectivity index (χ2v) is 9.27. The SMILES string of the molecule is O=c1c(-c2cccc(C(F)(F)F)c2)ccc2n1C[C@@H]1C[C@@H]2CN(Cc2cccs2)C1. The van der Waals surface area contributed by atoms with Gasteiger partial charge in [0.15, 0.2) is 0 Å². The van der Waals surface area contributed by atoms with Crippen molar-refractivity contribution in [3.05, 3.63) is 80.4 Å². The van der Waals surface area contributed by atoms with Gasteiger partial charge >= 0.3 is 6.18 Å². The maximum atomic E-state index is 13.2. The van der Waals surface area contributed by atoms with Gasteiger partial charge < -0.3 is 4.57 Å². The number of pyridine rings is 1. The summed E-state index contributed by atoms with van der Waals surface area (Å²) in [5.74, 6) is 0.659. The van der Waals surface area contributed by atoms with Crippen LogP contribution in [0, 0.1) is 5.92 Å². The number of aromatic nitrogens is 1. The number of piperidine rings is 1. The number of likely N-dealkylation sites (tertiary alicyclic amines) is 1. The van der Waals surface area contributed by atoms with Gasteiger partial charge in [-0.25, -0.2) is 0 Å². The van der Waals surface area contributed by atoms with Crippen LogP contribution in [0.15, 0.2) is 58.7 Å². The lowest BCUT2D eigenvalue weighted by Gasteiger charge is -2.42. The molecule has 2 bridgehead atoms. The van der Waals surface area contributed by atoms with Crippen molar-refractivity contribution in [2.24, 2.45) is 5.92 Å². The minimum atomic E-state index is -4.43. The number of fused-ring (bicyclic) bond motifs is 4. The van der Waals surface area contributed by atoms with Crippen molar-refractivity contribution >= 4 is 11.3 Å². The second-order valence-electron chi connectivity index (χ2n) is 8.24. The highest BCUT2D eigenvalue weighted by Gasteiger charge is 2.35. The Labute approximate surface area is 176 Å². The molecule has 30 heavy (non-hydrogen) atoms. The second kappa shape index (κ2) is 7.39. The number of thiophene rings is 1. The van der Waals surface area contributed by atoms with E-state index in [4.69, 9.17) is 0 Å². The van der Waals surface area contributed by atoms with Gasteiger partial charge in [0.05, 0.1) is 5.56 Å². The van der Waals surface area contributed by atoms with Crippen LogP contribution in [-0.2, 0) is 19.3 Å². The lowest BCUT2D eigenvalue weighted by Crippen LogP contribution is -2.46. The van der Waals surface area contributed by atoms with E-state index in [9.17, 15) is 18.0 Å². The smallest absolute Gasteiger partial charge is 0.311 e. The molecule has 0 N–H and O–H groups in total. The molecule has 0 aliphatic carbocycles. The Bertz CT molecular complexity index is 1120. The van der Waals surface area contributed by atoms with Crippen LogP contribution in [0.5, 0.6) is 0 Å². The Hall–Kier alpha value is -2.38. The summed E-state index contributed by atoms with van der Waals surface area (Å²) in [6.45, 7) is 3.39. The first-order chi connectivity index (χ1) is 14.4. The van der Waals surface area contributed by atoms with E-state index >= 15 is 0 Å². The maximum Gasteiger partial charge on any atom is 0.416 e. The molecule has 2 aliphatic heterocycles. The minimum Gasteiger partial charge on any atom is -0.311 e. The van der Waals surface area contributed by atoms with Crippen molar-refractivity contribution < 1.29 is 13.2 Å². The van der Waals surface area contributed by atoms with Crippen LogP contribution in [0.3, 0.4) is 0 Å². The maximum absolute atomic E-state index is 13.2. The number of hydrogen-bond acceptors (Lipinski definition) is 3. The first kappa shape index (κ1) is 19.6. The number of rotatable bonds is 3. The van der Waals surface area contributed by atoms with E-state index < -0.39 is 11.7 Å². The lowest BCUT2D eigenvalue weighted by molar-refractivity contribution is -0.137. The summed E-state index contributed by atoms with van der Waals surface area (Å²) in [6, 6.07) is 12.9. The zero-order valence-corrected chi connectivity index (χ0v) is 17.0. The first-order valence-electron chi connectivity index (χ1n) is 10.0. The third-order valence-electron chi connectivity index (χ3n) is 6.14. The fraction of sp³-hybridized carbons (Fsp3) is 0.348. The Kier molecular flexibility index (Phi) is 4.82. The first-order valence-corrected chi connectivity index (χ1v) is 10.9. The van der Waals surface area contributed by atoms with E-state index in [1.807, 2.05) is 6.07 Å². The fourth-order valence-corrected chi connectivity index (χ4v) is 5.63. The minimum absolute atomic E-state index is 0.187. The van der Waals surface area contributed by atoms with Gasteiger partial charge in [0.25, 0.3) is 5.56 Å². The molecule has 7 heteroatoms. The van der Waals surface area contributed by atoms with Gasteiger partial charge in [-0.15, -0.1) is 11.3 Å². The highest BCUT2D eigenvalue weighted by atomic mass is 32.1. The summed E-state index contributed by atoms with van der Waals surface area (Å²) < 4.78 is 41.1. The molecule has 3 aromatic rings. The van der Waals surface area contributed by atoms with Crippen LogP contribution < -0.4 is 5.56 Å². The standard InChI is InChI=1S/C23H21F3N2OS/c24-23(25,26)18-4-1-3-16(10-18)20-6-7-21-17-9-15(12-28(21)22(20)29)11-27(13-17)14-19-5-2-8-30-19/h1-8,10,15,17H,9,11-14H2/t15-,17-/m1/s1. The van der Waals surface area contributed by atoms with Crippen LogP contribution in [0.25, 0.3) is 11.1 Å². The van der Waals surface area contributed by atoms with Gasteiger partial charge in [0.2, 0.25) is 0 Å². The van der Waals surface area contributed by atoms with Gasteiger partial charge in [-0.2, -0.15) is 13.2 Å². The van der Waals surface area contributed by atoms with E-state index in [0.29, 0.717) is 23.6 Å². The molecule has 0 amide bonds. The van der Waals surface area contributed by atoms with Gasteiger partial charge in [0, 0.05) is 48.2 Å². The van der Waals surface area contributed by atoms with E-state index in [2.05, 4.69) is 22.4 Å². The van der Waals surface area contributed by atoms with Crippen LogP contribution in [0.1, 0.15) is 28.5 Å². The molecule has 2 atom stereocenters. The Morgan fingerprint density at radius 2 is 1.90 bits per heavy atom. The van der Waals surface area contributed by atoms with Crippen LogP contribution in [0.2, 0.25) is 0 Å². The molecule has 1 aromatic carbocycles. The van der Waals surface area contributed by atoms with Crippen LogP contribution in [0.4, 0.5) is 13.2 Å². The molecular weight excluding hydrogens is 409 g/mol. The van der Waals surface area contributed by atoms with Crippen molar-refractivity contribution in [2.45, 2.75) is 31.6 Å². The molecule has 0 saturated carbocycles. The molecule has 2 aliphatic rings. The van der Waals surface area contributed by atoms with Gasteiger partial charge in [-0.3, -0.25) is 9.69 Å².